The van der Waals surface area contributed by atoms with Crippen LogP contribution < -0.4 is 5.32 Å². The number of aliphatic carboxylic acids is 1. The van der Waals surface area contributed by atoms with E-state index in [1.807, 2.05) is 0 Å². The monoisotopic (exact) mass is 252 g/mol. The van der Waals surface area contributed by atoms with Gasteiger partial charge < -0.3 is 10.4 Å². The van der Waals surface area contributed by atoms with E-state index in [9.17, 15) is 14.7 Å². The molecule has 0 aliphatic heterocycles. The Morgan fingerprint density at radius 3 is 2.78 bits per heavy atom. The molecular weight excluding hydrogens is 236 g/mol. The first-order chi connectivity index (χ1) is 8.68. The molecule has 1 heterocycles. The van der Waals surface area contributed by atoms with Crippen molar-refractivity contribution in [1.29, 1.82) is 0 Å². The molecule has 0 bridgehead atoms. The summed E-state index contributed by atoms with van der Waals surface area (Å²) in [4.78, 5) is 26.8. The maximum absolute atomic E-state index is 11.8. The minimum Gasteiger partial charge on any atom is -0.481 e. The summed E-state index contributed by atoms with van der Waals surface area (Å²) < 4.78 is 0. The number of carboxylic acids is 1. The van der Waals surface area contributed by atoms with E-state index in [0.717, 1.165) is 19.3 Å². The lowest BCUT2D eigenvalue weighted by molar-refractivity contribution is -0.142. The van der Waals surface area contributed by atoms with Crippen LogP contribution in [0.5, 0.6) is 0 Å². The molecule has 1 aromatic rings. The van der Waals surface area contributed by atoms with Crippen molar-refractivity contribution in [2.45, 2.75) is 38.1 Å². The van der Waals surface area contributed by atoms with E-state index in [0.29, 0.717) is 12.8 Å². The minimum atomic E-state index is -0.847. The predicted octanol–water partition coefficient (Wildman–Crippen LogP) is 0.568. The molecule has 7 heteroatoms. The minimum absolute atomic E-state index is 0.114. The number of nitrogens with zero attached hydrogens (tertiary/aromatic N) is 2. The zero-order valence-corrected chi connectivity index (χ0v) is 9.93. The summed E-state index contributed by atoms with van der Waals surface area (Å²) in [5.74, 6) is -1.65. The topological polar surface area (TPSA) is 108 Å². The molecule has 7 nitrogen and oxygen atoms in total. The van der Waals surface area contributed by atoms with Gasteiger partial charge in [0.15, 0.2) is 0 Å². The summed E-state index contributed by atoms with van der Waals surface area (Å²) in [5, 5.41) is 18.0. The van der Waals surface area contributed by atoms with Gasteiger partial charge in [0.25, 0.3) is 5.91 Å². The van der Waals surface area contributed by atoms with Crippen molar-refractivity contribution in [3.05, 3.63) is 12.2 Å². The van der Waals surface area contributed by atoms with Gasteiger partial charge in [0.2, 0.25) is 5.82 Å². The van der Waals surface area contributed by atoms with Crippen LogP contribution in [0.4, 0.5) is 0 Å². The molecule has 18 heavy (non-hydrogen) atoms. The average Bonchev–Trinajstić information content (AvgIpc) is 2.77. The van der Waals surface area contributed by atoms with Crippen molar-refractivity contribution >= 4 is 11.9 Å². The highest BCUT2D eigenvalue weighted by Crippen LogP contribution is 2.23. The number of hydrogen-bond donors (Lipinski definition) is 3. The fourth-order valence-electron chi connectivity index (χ4n) is 2.33. The van der Waals surface area contributed by atoms with E-state index in [1.165, 1.54) is 6.33 Å². The zero-order valence-electron chi connectivity index (χ0n) is 9.93. The number of carbonyl (C=O) groups is 2. The Bertz CT molecular complexity index is 418. The quantitative estimate of drug-likeness (QED) is 0.681. The first-order valence-electron chi connectivity index (χ1n) is 6.07. The van der Waals surface area contributed by atoms with Crippen molar-refractivity contribution in [3.63, 3.8) is 0 Å². The fraction of sp³-hybridized carbons (Fsp3) is 0.636. The van der Waals surface area contributed by atoms with Gasteiger partial charge >= 0.3 is 5.97 Å². The second kappa shape index (κ2) is 5.61. The van der Waals surface area contributed by atoms with E-state index in [-0.39, 0.29) is 11.9 Å². The van der Waals surface area contributed by atoms with Gasteiger partial charge in [-0.2, -0.15) is 5.10 Å². The molecule has 1 saturated carbocycles. The molecule has 0 saturated heterocycles. The van der Waals surface area contributed by atoms with Gasteiger partial charge in [-0.15, -0.1) is 0 Å². The molecule has 0 radical (unpaired) electrons. The lowest BCUT2D eigenvalue weighted by Crippen LogP contribution is -2.43. The first-order valence-corrected chi connectivity index (χ1v) is 6.07. The van der Waals surface area contributed by atoms with Crippen molar-refractivity contribution in [1.82, 2.24) is 20.5 Å². The van der Waals surface area contributed by atoms with Crippen molar-refractivity contribution < 1.29 is 14.7 Å². The Kier molecular flexibility index (Phi) is 3.91. The van der Waals surface area contributed by atoms with Gasteiger partial charge in [-0.05, 0) is 12.8 Å². The lowest BCUT2D eigenvalue weighted by atomic mass is 9.95. The number of aromatic amines is 1. The summed E-state index contributed by atoms with van der Waals surface area (Å²) in [6, 6.07) is -0.331. The summed E-state index contributed by atoms with van der Waals surface area (Å²) in [5.41, 5.74) is 0. The third-order valence-corrected chi connectivity index (χ3v) is 3.28. The van der Waals surface area contributed by atoms with Crippen molar-refractivity contribution in [2.24, 2.45) is 5.92 Å². The van der Waals surface area contributed by atoms with Gasteiger partial charge in [0, 0.05) is 6.04 Å². The molecule has 2 unspecified atom stereocenters. The Morgan fingerprint density at radius 2 is 2.11 bits per heavy atom. The highest BCUT2D eigenvalue weighted by Gasteiger charge is 2.31. The molecule has 2 rings (SSSR count). The molecule has 0 aromatic carbocycles. The maximum Gasteiger partial charge on any atom is 0.308 e. The zero-order chi connectivity index (χ0) is 13.0. The number of carbonyl (C=O) groups excluding carboxylic acids is 1. The van der Waals surface area contributed by atoms with Crippen LogP contribution in [0.15, 0.2) is 6.33 Å². The second-order valence-corrected chi connectivity index (χ2v) is 4.50. The number of aromatic nitrogens is 3. The van der Waals surface area contributed by atoms with Crippen LogP contribution in [-0.4, -0.2) is 38.2 Å². The summed E-state index contributed by atoms with van der Waals surface area (Å²) in [7, 11) is 0. The molecule has 1 aliphatic rings. The number of rotatable bonds is 3. The maximum atomic E-state index is 11.8. The molecule has 98 valence electrons. The largest absolute Gasteiger partial charge is 0.481 e. The number of amides is 1. The van der Waals surface area contributed by atoms with Crippen LogP contribution in [0, 0.1) is 5.92 Å². The van der Waals surface area contributed by atoms with E-state index < -0.39 is 17.8 Å². The average molecular weight is 252 g/mol. The molecule has 1 aliphatic carbocycles. The molecule has 1 amide bonds. The third-order valence-electron chi connectivity index (χ3n) is 3.28. The van der Waals surface area contributed by atoms with Crippen LogP contribution >= 0.6 is 0 Å². The van der Waals surface area contributed by atoms with E-state index >= 15 is 0 Å². The van der Waals surface area contributed by atoms with E-state index in [2.05, 4.69) is 20.5 Å². The van der Waals surface area contributed by atoms with Crippen LogP contribution in [0.2, 0.25) is 0 Å². The lowest BCUT2D eigenvalue weighted by Gasteiger charge is -2.22. The molecule has 2 atom stereocenters. The van der Waals surface area contributed by atoms with Crippen molar-refractivity contribution in [2.75, 3.05) is 0 Å². The number of H-pyrrole nitrogens is 1. The van der Waals surface area contributed by atoms with Crippen LogP contribution in [0.1, 0.15) is 42.7 Å². The van der Waals surface area contributed by atoms with Gasteiger partial charge in [0.05, 0.1) is 5.92 Å². The van der Waals surface area contributed by atoms with Gasteiger partial charge in [-0.25, -0.2) is 4.98 Å². The Morgan fingerprint density at radius 1 is 1.33 bits per heavy atom. The molecule has 3 N–H and O–H groups in total. The normalized spacial score (nSPS) is 24.2. The number of hydrogen-bond acceptors (Lipinski definition) is 4. The molecule has 0 spiro atoms. The SMILES string of the molecule is O=C(NC1CCCCCC1C(=O)O)c1ncn[nH]1. The fourth-order valence-corrected chi connectivity index (χ4v) is 2.33. The molecule has 1 aromatic heterocycles. The van der Waals surface area contributed by atoms with Gasteiger partial charge in [-0.3, -0.25) is 14.7 Å². The highest BCUT2D eigenvalue weighted by molar-refractivity contribution is 5.90. The van der Waals surface area contributed by atoms with E-state index in [1.54, 1.807) is 0 Å². The Hall–Kier alpha value is -1.92. The summed E-state index contributed by atoms with van der Waals surface area (Å²) in [6.07, 6.45) is 5.39. The summed E-state index contributed by atoms with van der Waals surface area (Å²) >= 11 is 0. The Balaban J connectivity index is 2.04. The van der Waals surface area contributed by atoms with Gasteiger partial charge in [-0.1, -0.05) is 19.3 Å². The predicted molar refractivity (Wildman–Crippen MR) is 61.8 cm³/mol. The van der Waals surface area contributed by atoms with Gasteiger partial charge in [0.1, 0.15) is 6.33 Å². The standard InChI is InChI=1S/C11H16N4O3/c16-10(9-12-6-13-15-9)14-8-5-3-1-2-4-7(8)11(17)18/h6-8H,1-5H2,(H,14,16)(H,17,18)(H,12,13,15). The second-order valence-electron chi connectivity index (χ2n) is 4.50. The molecular formula is C11H16N4O3. The highest BCUT2D eigenvalue weighted by atomic mass is 16.4. The van der Waals surface area contributed by atoms with Crippen molar-refractivity contribution in [3.8, 4) is 0 Å². The van der Waals surface area contributed by atoms with E-state index in [4.69, 9.17) is 0 Å². The first kappa shape index (κ1) is 12.5. The number of nitrogens with one attached hydrogen (secondary N) is 2. The van der Waals surface area contributed by atoms with Crippen LogP contribution in [-0.2, 0) is 4.79 Å². The number of carboxylic acid groups (broad SMARTS) is 1. The van der Waals surface area contributed by atoms with Crippen LogP contribution in [0.25, 0.3) is 0 Å². The summed E-state index contributed by atoms with van der Waals surface area (Å²) in [6.45, 7) is 0. The van der Waals surface area contributed by atoms with Crippen LogP contribution in [0.3, 0.4) is 0 Å². The Labute approximate surface area is 104 Å². The molecule has 1 fully saturated rings. The third kappa shape index (κ3) is 2.85. The smallest absolute Gasteiger partial charge is 0.308 e.